The Kier molecular flexibility index (Phi) is 6.03. The maximum atomic E-state index is 6.06. The third-order valence-electron chi connectivity index (χ3n) is 3.52. The van der Waals surface area contributed by atoms with Crippen molar-refractivity contribution in [3.05, 3.63) is 42.0 Å². The number of fused-ring (bicyclic) bond motifs is 1. The van der Waals surface area contributed by atoms with Crippen LogP contribution in [0.15, 0.2) is 36.4 Å². The Balaban J connectivity index is 2.10. The van der Waals surface area contributed by atoms with Crippen molar-refractivity contribution in [2.45, 2.75) is 32.7 Å². The van der Waals surface area contributed by atoms with Crippen LogP contribution < -0.4 is 10.5 Å². The van der Waals surface area contributed by atoms with Crippen LogP contribution in [0, 0.1) is 0 Å². The highest BCUT2D eigenvalue weighted by Crippen LogP contribution is 2.32. The molecule has 1 atom stereocenters. The highest BCUT2D eigenvalue weighted by molar-refractivity contribution is 5.89. The number of ether oxygens (including phenoxy) is 2. The van der Waals surface area contributed by atoms with Crippen molar-refractivity contribution in [3.8, 4) is 5.75 Å². The first kappa shape index (κ1) is 15.8. The molecule has 0 saturated carbocycles. The third-order valence-corrected chi connectivity index (χ3v) is 3.52. The van der Waals surface area contributed by atoms with Crippen molar-refractivity contribution in [2.24, 2.45) is 5.73 Å². The number of hydrogen-bond donors (Lipinski definition) is 1. The molecule has 114 valence electrons. The van der Waals surface area contributed by atoms with Gasteiger partial charge >= 0.3 is 0 Å². The van der Waals surface area contributed by atoms with Crippen molar-refractivity contribution in [1.82, 2.24) is 0 Å². The van der Waals surface area contributed by atoms with Crippen LogP contribution in [0.1, 0.15) is 38.3 Å². The van der Waals surface area contributed by atoms with Crippen molar-refractivity contribution in [2.75, 3.05) is 19.8 Å². The minimum atomic E-state index is -0.0504. The summed E-state index contributed by atoms with van der Waals surface area (Å²) in [6.45, 7) is 6.11. The fraction of sp³-hybridized carbons (Fsp3) is 0.444. The van der Waals surface area contributed by atoms with E-state index in [2.05, 4.69) is 31.2 Å². The molecule has 3 nitrogen and oxygen atoms in total. The minimum Gasteiger partial charge on any atom is -0.490 e. The quantitative estimate of drug-likeness (QED) is 0.745. The second kappa shape index (κ2) is 8.01. The van der Waals surface area contributed by atoms with Crippen molar-refractivity contribution in [1.29, 1.82) is 0 Å². The van der Waals surface area contributed by atoms with Gasteiger partial charge in [-0.25, -0.2) is 0 Å². The van der Waals surface area contributed by atoms with E-state index >= 15 is 0 Å². The van der Waals surface area contributed by atoms with Gasteiger partial charge in [0.1, 0.15) is 12.4 Å². The maximum Gasteiger partial charge on any atom is 0.131 e. The molecule has 2 aromatic carbocycles. The molecule has 0 aromatic heterocycles. The number of hydrogen-bond acceptors (Lipinski definition) is 3. The van der Waals surface area contributed by atoms with Crippen molar-refractivity contribution in [3.63, 3.8) is 0 Å². The molecular weight excluding hydrogens is 262 g/mol. The molecule has 0 spiro atoms. The van der Waals surface area contributed by atoms with Crippen molar-refractivity contribution < 1.29 is 9.47 Å². The summed E-state index contributed by atoms with van der Waals surface area (Å²) < 4.78 is 11.5. The van der Waals surface area contributed by atoms with Gasteiger partial charge in [0.05, 0.1) is 6.61 Å². The second-order valence-electron chi connectivity index (χ2n) is 5.31. The lowest BCUT2D eigenvalue weighted by Gasteiger charge is -2.16. The SMILES string of the molecule is CCCCOCCOc1c(C(C)N)ccc2ccccc12. The molecule has 0 amide bonds. The molecular formula is C18H25NO2. The molecule has 0 fully saturated rings. The lowest BCUT2D eigenvalue weighted by Crippen LogP contribution is -2.12. The zero-order valence-corrected chi connectivity index (χ0v) is 13.0. The zero-order chi connectivity index (χ0) is 15.1. The van der Waals surface area contributed by atoms with Gasteiger partial charge in [0.2, 0.25) is 0 Å². The Hall–Kier alpha value is -1.58. The van der Waals surface area contributed by atoms with E-state index in [-0.39, 0.29) is 6.04 Å². The van der Waals surface area contributed by atoms with Gasteiger partial charge in [0.25, 0.3) is 0 Å². The average molecular weight is 287 g/mol. The van der Waals surface area contributed by atoms with Gasteiger partial charge in [-0.05, 0) is 18.7 Å². The van der Waals surface area contributed by atoms with Crippen LogP contribution in [0.5, 0.6) is 5.75 Å². The summed E-state index contributed by atoms with van der Waals surface area (Å²) in [6.07, 6.45) is 2.25. The molecule has 0 heterocycles. The van der Waals surface area contributed by atoms with E-state index in [4.69, 9.17) is 15.2 Å². The van der Waals surface area contributed by atoms with E-state index in [1.807, 2.05) is 19.1 Å². The smallest absolute Gasteiger partial charge is 0.131 e. The zero-order valence-electron chi connectivity index (χ0n) is 13.0. The Morgan fingerprint density at radius 3 is 2.62 bits per heavy atom. The third kappa shape index (κ3) is 4.19. The molecule has 3 heteroatoms. The molecule has 0 radical (unpaired) electrons. The lowest BCUT2D eigenvalue weighted by molar-refractivity contribution is 0.0981. The Labute approximate surface area is 127 Å². The first-order chi connectivity index (χ1) is 10.2. The van der Waals surface area contributed by atoms with E-state index in [9.17, 15) is 0 Å². The standard InChI is InChI=1S/C18H25NO2/c1-3-4-11-20-12-13-21-18-16(14(2)19)10-9-15-7-5-6-8-17(15)18/h5-10,14H,3-4,11-13,19H2,1-2H3. The van der Waals surface area contributed by atoms with E-state index in [1.165, 1.54) is 5.39 Å². The van der Waals surface area contributed by atoms with E-state index in [1.54, 1.807) is 0 Å². The summed E-state index contributed by atoms with van der Waals surface area (Å²) in [4.78, 5) is 0. The topological polar surface area (TPSA) is 44.5 Å². The molecule has 0 bridgehead atoms. The summed E-state index contributed by atoms with van der Waals surface area (Å²) in [5.41, 5.74) is 7.11. The van der Waals surface area contributed by atoms with Crippen LogP contribution in [-0.2, 0) is 4.74 Å². The predicted octanol–water partition coefficient (Wildman–Crippen LogP) is 4.06. The van der Waals surface area contributed by atoms with Crippen LogP contribution in [0.25, 0.3) is 10.8 Å². The molecule has 1 unspecified atom stereocenters. The molecule has 0 aliphatic heterocycles. The average Bonchev–Trinajstić information content (AvgIpc) is 2.50. The van der Waals surface area contributed by atoms with Gasteiger partial charge in [-0.1, -0.05) is 49.7 Å². The van der Waals surface area contributed by atoms with Gasteiger partial charge in [-0.3, -0.25) is 0 Å². The van der Waals surface area contributed by atoms with E-state index < -0.39 is 0 Å². The molecule has 0 saturated heterocycles. The van der Waals surface area contributed by atoms with Crippen LogP contribution in [0.2, 0.25) is 0 Å². The van der Waals surface area contributed by atoms with E-state index in [0.29, 0.717) is 13.2 Å². The number of benzene rings is 2. The Bertz CT molecular complexity index is 566. The first-order valence-electron chi connectivity index (χ1n) is 7.71. The molecule has 2 aromatic rings. The lowest BCUT2D eigenvalue weighted by atomic mass is 10.0. The van der Waals surface area contributed by atoms with Crippen molar-refractivity contribution >= 4 is 10.8 Å². The monoisotopic (exact) mass is 287 g/mol. The van der Waals surface area contributed by atoms with Crippen LogP contribution in [0.4, 0.5) is 0 Å². The fourth-order valence-electron chi connectivity index (χ4n) is 2.33. The van der Waals surface area contributed by atoms with E-state index in [0.717, 1.165) is 36.1 Å². The van der Waals surface area contributed by atoms with Crippen LogP contribution in [-0.4, -0.2) is 19.8 Å². The summed E-state index contributed by atoms with van der Waals surface area (Å²) in [6, 6.07) is 12.3. The molecule has 0 aliphatic carbocycles. The summed E-state index contributed by atoms with van der Waals surface area (Å²) in [7, 11) is 0. The molecule has 2 N–H and O–H groups in total. The second-order valence-corrected chi connectivity index (χ2v) is 5.31. The summed E-state index contributed by atoms with van der Waals surface area (Å²) in [5, 5.41) is 2.28. The van der Waals surface area contributed by atoms with Crippen LogP contribution >= 0.6 is 0 Å². The summed E-state index contributed by atoms with van der Waals surface area (Å²) in [5.74, 6) is 0.891. The minimum absolute atomic E-state index is 0.0504. The summed E-state index contributed by atoms with van der Waals surface area (Å²) >= 11 is 0. The predicted molar refractivity (Wildman–Crippen MR) is 87.8 cm³/mol. The van der Waals surface area contributed by atoms with Gasteiger partial charge in [-0.2, -0.15) is 0 Å². The number of rotatable bonds is 8. The van der Waals surface area contributed by atoms with Gasteiger partial charge in [0.15, 0.2) is 0 Å². The first-order valence-corrected chi connectivity index (χ1v) is 7.71. The maximum absolute atomic E-state index is 6.06. The fourth-order valence-corrected chi connectivity index (χ4v) is 2.33. The Morgan fingerprint density at radius 1 is 1.05 bits per heavy atom. The molecule has 2 rings (SSSR count). The molecule has 0 aliphatic rings. The normalized spacial score (nSPS) is 12.5. The van der Waals surface area contributed by atoms with Gasteiger partial charge in [0, 0.05) is 23.6 Å². The van der Waals surface area contributed by atoms with Gasteiger partial charge < -0.3 is 15.2 Å². The Morgan fingerprint density at radius 2 is 1.86 bits per heavy atom. The number of nitrogens with two attached hydrogens (primary N) is 1. The van der Waals surface area contributed by atoms with Gasteiger partial charge in [-0.15, -0.1) is 0 Å². The highest BCUT2D eigenvalue weighted by Gasteiger charge is 2.12. The van der Waals surface area contributed by atoms with Crippen LogP contribution in [0.3, 0.4) is 0 Å². The molecule has 21 heavy (non-hydrogen) atoms. The highest BCUT2D eigenvalue weighted by atomic mass is 16.5. The largest absolute Gasteiger partial charge is 0.490 e. The number of unbranched alkanes of at least 4 members (excludes halogenated alkanes) is 1.